The van der Waals surface area contributed by atoms with Gasteiger partial charge in [0, 0.05) is 23.3 Å². The minimum atomic E-state index is 0.286. The van der Waals surface area contributed by atoms with Crippen molar-refractivity contribution in [2.75, 3.05) is 12.3 Å². The van der Waals surface area contributed by atoms with Crippen molar-refractivity contribution < 1.29 is 4.74 Å². The van der Waals surface area contributed by atoms with Gasteiger partial charge in [-0.2, -0.15) is 0 Å². The van der Waals surface area contributed by atoms with E-state index in [0.717, 1.165) is 11.4 Å². The van der Waals surface area contributed by atoms with Crippen molar-refractivity contribution in [1.82, 2.24) is 9.97 Å². The standard InChI is InChI=1S/C12H12ClN3O/c13-9-1-3-11(4-2-9)17-8-6-10-5-7-15-12(14)16-10/h1-5,7H,6,8H2,(H2,14,15,16). The summed E-state index contributed by atoms with van der Waals surface area (Å²) in [7, 11) is 0. The van der Waals surface area contributed by atoms with Crippen molar-refractivity contribution in [3.8, 4) is 5.75 Å². The lowest BCUT2D eigenvalue weighted by Gasteiger charge is -2.05. The van der Waals surface area contributed by atoms with Crippen LogP contribution in [0, 0.1) is 0 Å². The Hall–Kier alpha value is -1.81. The fourth-order valence-corrected chi connectivity index (χ4v) is 1.48. The zero-order valence-corrected chi connectivity index (χ0v) is 9.89. The molecule has 0 aliphatic rings. The van der Waals surface area contributed by atoms with Gasteiger partial charge >= 0.3 is 0 Å². The molecule has 5 heteroatoms. The van der Waals surface area contributed by atoms with Gasteiger partial charge in [-0.3, -0.25) is 0 Å². The molecule has 0 atom stereocenters. The number of nitrogen functional groups attached to an aromatic ring is 1. The number of anilines is 1. The van der Waals surface area contributed by atoms with Crippen LogP contribution in [0.3, 0.4) is 0 Å². The van der Waals surface area contributed by atoms with Crippen LogP contribution in [0.4, 0.5) is 5.95 Å². The van der Waals surface area contributed by atoms with Crippen LogP contribution in [0.5, 0.6) is 5.75 Å². The van der Waals surface area contributed by atoms with Crippen molar-refractivity contribution in [2.24, 2.45) is 0 Å². The van der Waals surface area contributed by atoms with Crippen molar-refractivity contribution in [3.63, 3.8) is 0 Å². The van der Waals surface area contributed by atoms with E-state index in [9.17, 15) is 0 Å². The number of halogens is 1. The third-order valence-electron chi connectivity index (χ3n) is 2.17. The SMILES string of the molecule is Nc1nccc(CCOc2ccc(Cl)cc2)n1. The van der Waals surface area contributed by atoms with Gasteiger partial charge in [0.25, 0.3) is 0 Å². The summed E-state index contributed by atoms with van der Waals surface area (Å²) < 4.78 is 5.54. The maximum atomic E-state index is 5.77. The summed E-state index contributed by atoms with van der Waals surface area (Å²) in [6.07, 6.45) is 2.33. The van der Waals surface area contributed by atoms with E-state index in [0.29, 0.717) is 18.1 Å². The minimum absolute atomic E-state index is 0.286. The molecule has 0 bridgehead atoms. The van der Waals surface area contributed by atoms with Gasteiger partial charge in [-0.1, -0.05) is 11.6 Å². The number of rotatable bonds is 4. The third-order valence-corrected chi connectivity index (χ3v) is 2.42. The van der Waals surface area contributed by atoms with Gasteiger partial charge in [0.05, 0.1) is 6.61 Å². The molecule has 0 amide bonds. The van der Waals surface area contributed by atoms with Gasteiger partial charge in [-0.25, -0.2) is 9.97 Å². The smallest absolute Gasteiger partial charge is 0.220 e. The first-order valence-corrected chi connectivity index (χ1v) is 5.57. The topological polar surface area (TPSA) is 61.0 Å². The average Bonchev–Trinajstić information content (AvgIpc) is 2.32. The van der Waals surface area contributed by atoms with E-state index in [-0.39, 0.29) is 5.95 Å². The summed E-state index contributed by atoms with van der Waals surface area (Å²) >= 11 is 5.77. The quantitative estimate of drug-likeness (QED) is 0.904. The largest absolute Gasteiger partial charge is 0.493 e. The van der Waals surface area contributed by atoms with E-state index in [4.69, 9.17) is 22.1 Å². The maximum Gasteiger partial charge on any atom is 0.220 e. The van der Waals surface area contributed by atoms with Crippen LogP contribution in [0.1, 0.15) is 5.69 Å². The van der Waals surface area contributed by atoms with Crippen LogP contribution in [0.2, 0.25) is 5.02 Å². The van der Waals surface area contributed by atoms with E-state index in [2.05, 4.69) is 9.97 Å². The highest BCUT2D eigenvalue weighted by molar-refractivity contribution is 6.30. The molecule has 17 heavy (non-hydrogen) atoms. The second-order valence-corrected chi connectivity index (χ2v) is 3.89. The Morgan fingerprint density at radius 2 is 1.94 bits per heavy atom. The highest BCUT2D eigenvalue weighted by atomic mass is 35.5. The zero-order valence-electron chi connectivity index (χ0n) is 9.14. The van der Waals surface area contributed by atoms with Gasteiger partial charge in [-0.05, 0) is 30.3 Å². The summed E-state index contributed by atoms with van der Waals surface area (Å²) in [5, 5.41) is 0.695. The number of aromatic nitrogens is 2. The zero-order chi connectivity index (χ0) is 12.1. The van der Waals surface area contributed by atoms with E-state index >= 15 is 0 Å². The molecule has 0 saturated heterocycles. The monoisotopic (exact) mass is 249 g/mol. The number of hydrogen-bond acceptors (Lipinski definition) is 4. The average molecular weight is 250 g/mol. The summed E-state index contributed by atoms with van der Waals surface area (Å²) in [6.45, 7) is 0.540. The van der Waals surface area contributed by atoms with Gasteiger partial charge in [-0.15, -0.1) is 0 Å². The Morgan fingerprint density at radius 3 is 2.65 bits per heavy atom. The van der Waals surface area contributed by atoms with Crippen LogP contribution in [0.25, 0.3) is 0 Å². The predicted octanol–water partition coefficient (Wildman–Crippen LogP) is 2.33. The molecular weight excluding hydrogens is 238 g/mol. The molecule has 0 saturated carbocycles. The molecule has 1 aromatic heterocycles. The van der Waals surface area contributed by atoms with Gasteiger partial charge in [0.15, 0.2) is 0 Å². The fourth-order valence-electron chi connectivity index (χ4n) is 1.36. The molecule has 2 rings (SSSR count). The lowest BCUT2D eigenvalue weighted by molar-refractivity contribution is 0.320. The highest BCUT2D eigenvalue weighted by Crippen LogP contribution is 2.15. The van der Waals surface area contributed by atoms with Crippen LogP contribution in [-0.4, -0.2) is 16.6 Å². The maximum absolute atomic E-state index is 5.77. The van der Waals surface area contributed by atoms with Gasteiger partial charge < -0.3 is 10.5 Å². The van der Waals surface area contributed by atoms with Crippen LogP contribution < -0.4 is 10.5 Å². The predicted molar refractivity (Wildman–Crippen MR) is 67.1 cm³/mol. The van der Waals surface area contributed by atoms with Crippen LogP contribution in [-0.2, 0) is 6.42 Å². The third kappa shape index (κ3) is 3.60. The molecular formula is C12H12ClN3O. The molecule has 1 heterocycles. The fraction of sp³-hybridized carbons (Fsp3) is 0.167. The van der Waals surface area contributed by atoms with Crippen molar-refractivity contribution in [2.45, 2.75) is 6.42 Å². The van der Waals surface area contributed by atoms with Crippen LogP contribution >= 0.6 is 11.6 Å². The number of ether oxygens (including phenoxy) is 1. The second kappa shape index (κ2) is 5.50. The molecule has 0 aliphatic heterocycles. The molecule has 0 spiro atoms. The van der Waals surface area contributed by atoms with E-state index in [1.54, 1.807) is 18.3 Å². The van der Waals surface area contributed by atoms with Gasteiger partial charge in [0.1, 0.15) is 5.75 Å². The molecule has 2 aromatic rings. The Bertz CT molecular complexity index is 487. The Balaban J connectivity index is 1.85. The molecule has 1 aromatic carbocycles. The number of nitrogens with two attached hydrogens (primary N) is 1. The molecule has 0 aliphatic carbocycles. The molecule has 4 nitrogen and oxygen atoms in total. The lowest BCUT2D eigenvalue weighted by atomic mass is 10.3. The number of hydrogen-bond donors (Lipinski definition) is 1. The van der Waals surface area contributed by atoms with Crippen molar-refractivity contribution >= 4 is 17.5 Å². The first kappa shape index (κ1) is 11.7. The minimum Gasteiger partial charge on any atom is -0.493 e. The molecule has 2 N–H and O–H groups in total. The normalized spacial score (nSPS) is 10.2. The van der Waals surface area contributed by atoms with Crippen molar-refractivity contribution in [3.05, 3.63) is 47.2 Å². The number of nitrogens with zero attached hydrogens (tertiary/aromatic N) is 2. The van der Waals surface area contributed by atoms with Crippen molar-refractivity contribution in [1.29, 1.82) is 0 Å². The Kier molecular flexibility index (Phi) is 3.77. The van der Waals surface area contributed by atoms with E-state index < -0.39 is 0 Å². The molecule has 88 valence electrons. The Morgan fingerprint density at radius 1 is 1.18 bits per heavy atom. The number of benzene rings is 1. The summed E-state index contributed by atoms with van der Waals surface area (Å²) in [6, 6.07) is 9.06. The first-order chi connectivity index (χ1) is 8.24. The van der Waals surface area contributed by atoms with E-state index in [1.807, 2.05) is 18.2 Å². The van der Waals surface area contributed by atoms with Crippen LogP contribution in [0.15, 0.2) is 36.5 Å². The first-order valence-electron chi connectivity index (χ1n) is 5.20. The van der Waals surface area contributed by atoms with Gasteiger partial charge in [0.2, 0.25) is 5.95 Å². The highest BCUT2D eigenvalue weighted by Gasteiger charge is 1.98. The molecule has 0 unspecified atom stereocenters. The molecule has 0 fully saturated rings. The summed E-state index contributed by atoms with van der Waals surface area (Å²) in [5.74, 6) is 1.07. The lowest BCUT2D eigenvalue weighted by Crippen LogP contribution is -2.05. The Labute approximate surface area is 104 Å². The summed E-state index contributed by atoms with van der Waals surface area (Å²) in [4.78, 5) is 7.91. The second-order valence-electron chi connectivity index (χ2n) is 3.46. The summed E-state index contributed by atoms with van der Waals surface area (Å²) in [5.41, 5.74) is 6.35. The van der Waals surface area contributed by atoms with E-state index in [1.165, 1.54) is 0 Å². The molecule has 0 radical (unpaired) electrons.